The molecule has 22 heavy (non-hydrogen) atoms. The van der Waals surface area contributed by atoms with Crippen molar-refractivity contribution in [3.63, 3.8) is 0 Å². The smallest absolute Gasteiger partial charge is 0.193 e. The van der Waals surface area contributed by atoms with E-state index in [4.69, 9.17) is 9.73 Å². The summed E-state index contributed by atoms with van der Waals surface area (Å²) in [6.45, 7) is 7.72. The fourth-order valence-electron chi connectivity index (χ4n) is 2.70. The first kappa shape index (κ1) is 16.8. The first-order valence-electron chi connectivity index (χ1n) is 8.35. The van der Waals surface area contributed by atoms with E-state index in [1.54, 1.807) is 0 Å². The van der Waals surface area contributed by atoms with Crippen LogP contribution in [0.25, 0.3) is 0 Å². The van der Waals surface area contributed by atoms with Gasteiger partial charge in [0.15, 0.2) is 5.96 Å². The number of aliphatic imine (C=N–C) groups is 1. The van der Waals surface area contributed by atoms with Crippen molar-refractivity contribution in [2.75, 3.05) is 26.7 Å². The Bertz CT molecular complexity index is 464. The highest BCUT2D eigenvalue weighted by Crippen LogP contribution is 2.15. The predicted molar refractivity (Wildman–Crippen MR) is 92.2 cm³/mol. The third-order valence-electron chi connectivity index (χ3n) is 3.97. The maximum absolute atomic E-state index is 5.66. The number of hydrogen-bond acceptors (Lipinski definition) is 2. The van der Waals surface area contributed by atoms with Gasteiger partial charge < -0.3 is 15.0 Å². The molecule has 0 saturated carbocycles. The van der Waals surface area contributed by atoms with Crippen molar-refractivity contribution in [1.82, 2.24) is 10.2 Å². The molecule has 1 aromatic rings. The van der Waals surface area contributed by atoms with Crippen LogP contribution < -0.4 is 5.32 Å². The summed E-state index contributed by atoms with van der Waals surface area (Å²) in [4.78, 5) is 6.93. The molecule has 1 saturated heterocycles. The van der Waals surface area contributed by atoms with E-state index in [9.17, 15) is 0 Å². The van der Waals surface area contributed by atoms with Crippen molar-refractivity contribution in [1.29, 1.82) is 0 Å². The summed E-state index contributed by atoms with van der Waals surface area (Å²) in [6, 6.07) is 8.68. The van der Waals surface area contributed by atoms with Crippen molar-refractivity contribution in [2.45, 2.75) is 45.8 Å². The van der Waals surface area contributed by atoms with Crippen molar-refractivity contribution in [2.24, 2.45) is 4.99 Å². The summed E-state index contributed by atoms with van der Waals surface area (Å²) in [5.74, 6) is 0.973. The Hall–Kier alpha value is -1.55. The fourth-order valence-corrected chi connectivity index (χ4v) is 2.70. The normalized spacial score (nSPS) is 18.5. The van der Waals surface area contributed by atoms with Crippen LogP contribution in [-0.4, -0.2) is 43.7 Å². The van der Waals surface area contributed by atoms with Crippen molar-refractivity contribution in [3.05, 3.63) is 35.4 Å². The van der Waals surface area contributed by atoms with Gasteiger partial charge in [-0.25, -0.2) is 0 Å². The number of aryl methyl sites for hydroxylation is 1. The van der Waals surface area contributed by atoms with E-state index < -0.39 is 0 Å². The van der Waals surface area contributed by atoms with Gasteiger partial charge in [-0.2, -0.15) is 0 Å². The minimum Gasteiger partial charge on any atom is -0.378 e. The number of ether oxygens (including phenoxy) is 1. The topological polar surface area (TPSA) is 36.9 Å². The molecule has 0 aromatic heterocycles. The van der Waals surface area contributed by atoms with Gasteiger partial charge in [-0.05, 0) is 38.7 Å². The summed E-state index contributed by atoms with van der Waals surface area (Å²) in [6.07, 6.45) is 3.81. The van der Waals surface area contributed by atoms with Crippen LogP contribution in [0.1, 0.15) is 37.3 Å². The molecule has 0 radical (unpaired) electrons. The highest BCUT2D eigenvalue weighted by atomic mass is 16.5. The number of guanidine groups is 1. The van der Waals surface area contributed by atoms with E-state index >= 15 is 0 Å². The molecule has 122 valence electrons. The third kappa shape index (κ3) is 5.34. The van der Waals surface area contributed by atoms with Crippen LogP contribution in [-0.2, 0) is 11.3 Å². The number of benzene rings is 1. The number of nitrogens with zero attached hydrogens (tertiary/aromatic N) is 2. The SMILES string of the molecule is CCNC(=NCCC1CCCO1)N(C)Cc1ccc(C)cc1. The van der Waals surface area contributed by atoms with E-state index in [0.717, 1.165) is 38.6 Å². The molecule has 0 bridgehead atoms. The van der Waals surface area contributed by atoms with Crippen molar-refractivity contribution in [3.8, 4) is 0 Å². The van der Waals surface area contributed by atoms with E-state index in [1.165, 1.54) is 24.0 Å². The van der Waals surface area contributed by atoms with Gasteiger partial charge >= 0.3 is 0 Å². The number of nitrogens with one attached hydrogen (secondary N) is 1. The maximum atomic E-state index is 5.66. The Morgan fingerprint density at radius 3 is 2.77 bits per heavy atom. The highest BCUT2D eigenvalue weighted by Gasteiger charge is 2.15. The predicted octanol–water partition coefficient (Wildman–Crippen LogP) is 2.96. The van der Waals surface area contributed by atoms with Gasteiger partial charge in [0.2, 0.25) is 0 Å². The molecule has 1 heterocycles. The highest BCUT2D eigenvalue weighted by molar-refractivity contribution is 5.79. The van der Waals surface area contributed by atoms with Crippen LogP contribution in [0.5, 0.6) is 0 Å². The second-order valence-corrected chi connectivity index (χ2v) is 6.00. The van der Waals surface area contributed by atoms with Gasteiger partial charge in [-0.3, -0.25) is 4.99 Å². The van der Waals surface area contributed by atoms with Gasteiger partial charge in [0.1, 0.15) is 0 Å². The van der Waals surface area contributed by atoms with E-state index in [2.05, 4.69) is 55.4 Å². The largest absolute Gasteiger partial charge is 0.378 e. The quantitative estimate of drug-likeness (QED) is 0.648. The van der Waals surface area contributed by atoms with E-state index in [0.29, 0.717) is 6.10 Å². The Kier molecular flexibility index (Phi) is 6.72. The lowest BCUT2D eigenvalue weighted by Gasteiger charge is -2.22. The second kappa shape index (κ2) is 8.79. The second-order valence-electron chi connectivity index (χ2n) is 6.00. The summed E-state index contributed by atoms with van der Waals surface area (Å²) >= 11 is 0. The Morgan fingerprint density at radius 2 is 2.14 bits per heavy atom. The van der Waals surface area contributed by atoms with Crippen LogP contribution in [0.3, 0.4) is 0 Å². The van der Waals surface area contributed by atoms with E-state index in [-0.39, 0.29) is 0 Å². The molecule has 0 amide bonds. The Morgan fingerprint density at radius 1 is 1.36 bits per heavy atom. The monoisotopic (exact) mass is 303 g/mol. The van der Waals surface area contributed by atoms with E-state index in [1.807, 2.05) is 0 Å². The molecule has 1 fully saturated rings. The number of hydrogen-bond donors (Lipinski definition) is 1. The molecule has 4 heteroatoms. The van der Waals surface area contributed by atoms with Crippen LogP contribution in [0.2, 0.25) is 0 Å². The van der Waals surface area contributed by atoms with Gasteiger partial charge in [-0.15, -0.1) is 0 Å². The summed E-state index contributed by atoms with van der Waals surface area (Å²) in [5.41, 5.74) is 2.60. The molecule has 1 N–H and O–H groups in total. The summed E-state index contributed by atoms with van der Waals surface area (Å²) in [7, 11) is 2.09. The Labute approximate surface area is 134 Å². The van der Waals surface area contributed by atoms with Gasteiger partial charge in [0.25, 0.3) is 0 Å². The lowest BCUT2D eigenvalue weighted by atomic mass is 10.1. The minimum absolute atomic E-state index is 0.411. The zero-order chi connectivity index (χ0) is 15.8. The molecule has 1 unspecified atom stereocenters. The number of rotatable bonds is 6. The van der Waals surface area contributed by atoms with Gasteiger partial charge in [-0.1, -0.05) is 29.8 Å². The molecule has 4 nitrogen and oxygen atoms in total. The zero-order valence-electron chi connectivity index (χ0n) is 14.1. The first-order valence-corrected chi connectivity index (χ1v) is 8.35. The van der Waals surface area contributed by atoms with Crippen LogP contribution in [0.4, 0.5) is 0 Å². The average molecular weight is 303 g/mol. The van der Waals surface area contributed by atoms with Crippen LogP contribution in [0, 0.1) is 6.92 Å². The summed E-state index contributed by atoms with van der Waals surface area (Å²) < 4.78 is 5.66. The van der Waals surface area contributed by atoms with Gasteiger partial charge in [0.05, 0.1) is 6.10 Å². The standard InChI is InChI=1S/C18H29N3O/c1-4-19-18(20-12-11-17-6-5-13-22-17)21(3)14-16-9-7-15(2)8-10-16/h7-10,17H,4-6,11-14H2,1-3H3,(H,19,20). The molecule has 1 aliphatic heterocycles. The fraction of sp³-hybridized carbons (Fsp3) is 0.611. The molecule has 1 atom stereocenters. The molecule has 0 aliphatic carbocycles. The van der Waals surface area contributed by atoms with Crippen molar-refractivity contribution >= 4 is 5.96 Å². The lowest BCUT2D eigenvalue weighted by molar-refractivity contribution is 0.106. The molecular formula is C18H29N3O. The van der Waals surface area contributed by atoms with Crippen LogP contribution in [0.15, 0.2) is 29.3 Å². The Balaban J connectivity index is 1.88. The summed E-state index contributed by atoms with van der Waals surface area (Å²) in [5, 5.41) is 3.37. The minimum atomic E-state index is 0.411. The van der Waals surface area contributed by atoms with Crippen LogP contribution >= 0.6 is 0 Å². The lowest BCUT2D eigenvalue weighted by Crippen LogP contribution is -2.38. The molecular weight excluding hydrogens is 274 g/mol. The molecule has 1 aromatic carbocycles. The molecule has 2 rings (SSSR count). The molecule has 0 spiro atoms. The zero-order valence-corrected chi connectivity index (χ0v) is 14.1. The van der Waals surface area contributed by atoms with Crippen molar-refractivity contribution < 1.29 is 4.74 Å². The molecule has 1 aliphatic rings. The third-order valence-corrected chi connectivity index (χ3v) is 3.97. The first-order chi connectivity index (χ1) is 10.7. The maximum Gasteiger partial charge on any atom is 0.193 e. The average Bonchev–Trinajstić information content (AvgIpc) is 3.02. The van der Waals surface area contributed by atoms with Gasteiger partial charge in [0, 0.05) is 33.3 Å².